The molecule has 3 heteroatoms. The first kappa shape index (κ1) is 18.2. The van der Waals surface area contributed by atoms with Gasteiger partial charge in [0.05, 0.1) is 5.41 Å². The zero-order valence-corrected chi connectivity index (χ0v) is 15.9. The van der Waals surface area contributed by atoms with Crippen molar-refractivity contribution in [3.05, 3.63) is 0 Å². The molecule has 0 amide bonds. The molecular weight excluding hydrogens is 300 g/mol. The normalized spacial score (nSPS) is 48.7. The first-order valence-corrected chi connectivity index (χ1v) is 10.1. The van der Waals surface area contributed by atoms with Gasteiger partial charge in [0.2, 0.25) is 0 Å². The molecule has 0 aromatic carbocycles. The summed E-state index contributed by atoms with van der Waals surface area (Å²) >= 11 is 0. The number of carboxylic acids is 1. The first-order valence-electron chi connectivity index (χ1n) is 10.1. The number of aliphatic hydroxyl groups is 1. The van der Waals surface area contributed by atoms with E-state index < -0.39 is 11.4 Å². The van der Waals surface area contributed by atoms with Crippen LogP contribution in [-0.4, -0.2) is 22.8 Å². The standard InChI is InChI=1S/C21H36O3/c1-13(2)16-10-14-6-7-18-20(3,17(14)11-15(16)12-22)8-5-9-21(18,4)19(23)24/h13-18,22H,5-12H2,1-4H3,(H,23,24)/t14-,15+,16-,17+,18+,20+,21+/m0/s1. The van der Waals surface area contributed by atoms with E-state index in [1.807, 2.05) is 6.92 Å². The van der Waals surface area contributed by atoms with Gasteiger partial charge in [-0.15, -0.1) is 0 Å². The van der Waals surface area contributed by atoms with Crippen molar-refractivity contribution in [2.45, 2.75) is 72.6 Å². The minimum Gasteiger partial charge on any atom is -0.481 e. The summed E-state index contributed by atoms with van der Waals surface area (Å²) in [6.45, 7) is 9.27. The second-order valence-corrected chi connectivity index (χ2v) is 9.90. The smallest absolute Gasteiger partial charge is 0.309 e. The summed E-state index contributed by atoms with van der Waals surface area (Å²) in [5, 5.41) is 19.9. The Bertz CT molecular complexity index is 487. The predicted molar refractivity (Wildman–Crippen MR) is 95.5 cm³/mol. The molecule has 3 nitrogen and oxygen atoms in total. The first-order chi connectivity index (χ1) is 11.2. The molecule has 0 heterocycles. The maximum Gasteiger partial charge on any atom is 0.309 e. The van der Waals surface area contributed by atoms with Gasteiger partial charge in [-0.2, -0.15) is 0 Å². The topological polar surface area (TPSA) is 57.5 Å². The van der Waals surface area contributed by atoms with E-state index in [2.05, 4.69) is 20.8 Å². The van der Waals surface area contributed by atoms with Crippen LogP contribution in [0.2, 0.25) is 0 Å². The highest BCUT2D eigenvalue weighted by Gasteiger charge is 2.60. The molecule has 2 N–H and O–H groups in total. The second-order valence-electron chi connectivity index (χ2n) is 9.90. The van der Waals surface area contributed by atoms with Crippen molar-refractivity contribution in [3.63, 3.8) is 0 Å². The molecule has 138 valence electrons. The second kappa shape index (κ2) is 6.30. The Morgan fingerprint density at radius 1 is 1.17 bits per heavy atom. The number of aliphatic carboxylic acids is 1. The molecule has 0 saturated heterocycles. The Hall–Kier alpha value is -0.570. The molecule has 7 atom stereocenters. The summed E-state index contributed by atoms with van der Waals surface area (Å²) in [5.41, 5.74) is -0.411. The summed E-state index contributed by atoms with van der Waals surface area (Å²) in [5.74, 6) is 2.70. The molecule has 3 fully saturated rings. The van der Waals surface area contributed by atoms with Crippen LogP contribution >= 0.6 is 0 Å². The van der Waals surface area contributed by atoms with Crippen molar-refractivity contribution in [2.75, 3.05) is 6.61 Å². The van der Waals surface area contributed by atoms with Gasteiger partial charge in [-0.05, 0) is 86.4 Å². The number of carbonyl (C=O) groups is 1. The van der Waals surface area contributed by atoms with Crippen LogP contribution in [0.4, 0.5) is 0 Å². The molecule has 3 saturated carbocycles. The average molecular weight is 337 g/mol. The Labute approximate surface area is 147 Å². The van der Waals surface area contributed by atoms with Gasteiger partial charge in [-0.1, -0.05) is 27.2 Å². The van der Waals surface area contributed by atoms with Crippen molar-refractivity contribution in [1.29, 1.82) is 0 Å². The number of carboxylic acid groups (broad SMARTS) is 1. The molecule has 0 unspecified atom stereocenters. The molecule has 0 aromatic rings. The molecule has 24 heavy (non-hydrogen) atoms. The van der Waals surface area contributed by atoms with Crippen LogP contribution in [0.5, 0.6) is 0 Å². The largest absolute Gasteiger partial charge is 0.481 e. The van der Waals surface area contributed by atoms with E-state index in [1.165, 1.54) is 19.3 Å². The van der Waals surface area contributed by atoms with Crippen molar-refractivity contribution in [3.8, 4) is 0 Å². The SMILES string of the molecule is CC(C)[C@@H]1C[C@@H]2CC[C@@H]3[C@](C)(CCC[C@@]3(C)C(=O)O)[C@@H]2C[C@@H]1CO. The number of rotatable bonds is 3. The lowest BCUT2D eigenvalue weighted by Crippen LogP contribution is -2.57. The number of hydrogen-bond acceptors (Lipinski definition) is 2. The van der Waals surface area contributed by atoms with E-state index in [0.717, 1.165) is 31.6 Å². The van der Waals surface area contributed by atoms with E-state index in [0.29, 0.717) is 36.2 Å². The summed E-state index contributed by atoms with van der Waals surface area (Å²) in [7, 11) is 0. The lowest BCUT2D eigenvalue weighted by molar-refractivity contribution is -0.176. The Balaban J connectivity index is 1.90. The van der Waals surface area contributed by atoms with Crippen LogP contribution in [0.1, 0.15) is 72.6 Å². The van der Waals surface area contributed by atoms with Gasteiger partial charge in [-0.3, -0.25) is 4.79 Å². The van der Waals surface area contributed by atoms with Crippen LogP contribution in [0.15, 0.2) is 0 Å². The van der Waals surface area contributed by atoms with E-state index in [-0.39, 0.29) is 5.41 Å². The fourth-order valence-corrected chi connectivity index (χ4v) is 7.19. The van der Waals surface area contributed by atoms with E-state index in [4.69, 9.17) is 0 Å². The van der Waals surface area contributed by atoms with E-state index >= 15 is 0 Å². The molecule has 0 aromatic heterocycles. The highest BCUT2D eigenvalue weighted by molar-refractivity contribution is 5.75. The van der Waals surface area contributed by atoms with E-state index in [1.54, 1.807) is 0 Å². The molecule has 0 aliphatic heterocycles. The molecule has 3 rings (SSSR count). The minimum absolute atomic E-state index is 0.143. The summed E-state index contributed by atoms with van der Waals surface area (Å²) in [4.78, 5) is 12.1. The van der Waals surface area contributed by atoms with Gasteiger partial charge >= 0.3 is 5.97 Å². The molecular formula is C21H36O3. The van der Waals surface area contributed by atoms with Crippen LogP contribution in [0.25, 0.3) is 0 Å². The molecule has 0 radical (unpaired) electrons. The number of fused-ring (bicyclic) bond motifs is 3. The van der Waals surface area contributed by atoms with Gasteiger partial charge in [0.15, 0.2) is 0 Å². The van der Waals surface area contributed by atoms with Crippen LogP contribution < -0.4 is 0 Å². The molecule has 3 aliphatic carbocycles. The Kier molecular flexibility index (Phi) is 4.79. The summed E-state index contributed by atoms with van der Waals surface area (Å²) in [6, 6.07) is 0. The zero-order valence-electron chi connectivity index (χ0n) is 15.9. The quantitative estimate of drug-likeness (QED) is 0.793. The number of hydrogen-bond donors (Lipinski definition) is 2. The van der Waals surface area contributed by atoms with Crippen LogP contribution in [-0.2, 0) is 4.79 Å². The summed E-state index contributed by atoms with van der Waals surface area (Å²) < 4.78 is 0. The third-order valence-corrected chi connectivity index (χ3v) is 8.54. The van der Waals surface area contributed by atoms with Gasteiger partial charge in [-0.25, -0.2) is 0 Å². The third kappa shape index (κ3) is 2.62. The van der Waals surface area contributed by atoms with Crippen LogP contribution in [0.3, 0.4) is 0 Å². The van der Waals surface area contributed by atoms with Gasteiger partial charge in [0.25, 0.3) is 0 Å². The van der Waals surface area contributed by atoms with Gasteiger partial charge in [0.1, 0.15) is 0 Å². The fraction of sp³-hybridized carbons (Fsp3) is 0.952. The summed E-state index contributed by atoms with van der Waals surface area (Å²) in [6.07, 6.45) is 7.65. The van der Waals surface area contributed by atoms with E-state index in [9.17, 15) is 15.0 Å². The predicted octanol–water partition coefficient (Wildman–Crippen LogP) is 4.58. The Morgan fingerprint density at radius 2 is 1.88 bits per heavy atom. The van der Waals surface area contributed by atoms with Crippen molar-refractivity contribution in [1.82, 2.24) is 0 Å². The third-order valence-electron chi connectivity index (χ3n) is 8.54. The van der Waals surface area contributed by atoms with Crippen molar-refractivity contribution >= 4 is 5.97 Å². The number of aliphatic hydroxyl groups excluding tert-OH is 1. The highest BCUT2D eigenvalue weighted by Crippen LogP contribution is 2.65. The van der Waals surface area contributed by atoms with Crippen molar-refractivity contribution in [2.24, 2.45) is 46.3 Å². The van der Waals surface area contributed by atoms with Gasteiger partial charge in [0, 0.05) is 6.61 Å². The maximum absolute atomic E-state index is 12.1. The maximum atomic E-state index is 12.1. The molecule has 3 aliphatic rings. The Morgan fingerprint density at radius 3 is 2.46 bits per heavy atom. The zero-order chi connectivity index (χ0) is 17.7. The minimum atomic E-state index is -0.591. The molecule has 0 spiro atoms. The lowest BCUT2D eigenvalue weighted by atomic mass is 9.43. The highest BCUT2D eigenvalue weighted by atomic mass is 16.4. The average Bonchev–Trinajstić information content (AvgIpc) is 2.53. The lowest BCUT2D eigenvalue weighted by Gasteiger charge is -2.61. The molecule has 0 bridgehead atoms. The fourth-order valence-electron chi connectivity index (χ4n) is 7.19. The van der Waals surface area contributed by atoms with Crippen LogP contribution in [0, 0.1) is 46.3 Å². The monoisotopic (exact) mass is 336 g/mol. The van der Waals surface area contributed by atoms with Crippen molar-refractivity contribution < 1.29 is 15.0 Å². The van der Waals surface area contributed by atoms with Gasteiger partial charge < -0.3 is 10.2 Å².